The summed E-state index contributed by atoms with van der Waals surface area (Å²) in [7, 11) is 0. The van der Waals surface area contributed by atoms with Gasteiger partial charge in [0.05, 0.1) is 11.0 Å². The molecule has 3 aromatic carbocycles. The van der Waals surface area contributed by atoms with Gasteiger partial charge in [-0.1, -0.05) is 42.5 Å². The fourth-order valence-corrected chi connectivity index (χ4v) is 2.75. The highest BCUT2D eigenvalue weighted by molar-refractivity contribution is 5.89. The predicted octanol–water partition coefficient (Wildman–Crippen LogP) is 4.55. The normalized spacial score (nSPS) is 10.6. The van der Waals surface area contributed by atoms with Crippen molar-refractivity contribution in [1.29, 1.82) is 0 Å². The van der Waals surface area contributed by atoms with Crippen molar-refractivity contribution in [3.8, 4) is 11.4 Å². The lowest BCUT2D eigenvalue weighted by molar-refractivity contribution is 0.251. The Labute approximate surface area is 151 Å². The van der Waals surface area contributed by atoms with Crippen LogP contribution >= 0.6 is 0 Å². The number of para-hydroxylation sites is 2. The number of benzene rings is 3. The zero-order chi connectivity index (χ0) is 17.8. The van der Waals surface area contributed by atoms with Gasteiger partial charge in [0.25, 0.3) is 0 Å². The van der Waals surface area contributed by atoms with Gasteiger partial charge in [-0.2, -0.15) is 0 Å². The summed E-state index contributed by atoms with van der Waals surface area (Å²) in [6.07, 6.45) is 0. The molecule has 0 saturated heterocycles. The molecule has 0 bridgehead atoms. The highest BCUT2D eigenvalue weighted by atomic mass is 16.2. The maximum absolute atomic E-state index is 12.0. The van der Waals surface area contributed by atoms with E-state index in [1.165, 1.54) is 0 Å². The van der Waals surface area contributed by atoms with Gasteiger partial charge in [0.15, 0.2) is 0 Å². The van der Waals surface area contributed by atoms with Crippen molar-refractivity contribution >= 4 is 22.8 Å². The molecule has 5 nitrogen and oxygen atoms in total. The third-order valence-corrected chi connectivity index (χ3v) is 4.10. The average Bonchev–Trinajstić information content (AvgIpc) is 3.12. The summed E-state index contributed by atoms with van der Waals surface area (Å²) in [6, 6.07) is 25.1. The third-order valence-electron chi connectivity index (χ3n) is 4.10. The number of carbonyl (C=O) groups excluding carboxylic acids is 1. The number of urea groups is 1. The SMILES string of the molecule is O=C(NCc1ccccc1)Nc1ccc(-c2nc3ccccc3[nH]2)cc1. The zero-order valence-electron chi connectivity index (χ0n) is 14.1. The zero-order valence-corrected chi connectivity index (χ0v) is 14.1. The van der Waals surface area contributed by atoms with Crippen LogP contribution in [0.5, 0.6) is 0 Å². The molecule has 1 heterocycles. The van der Waals surface area contributed by atoms with Crippen molar-refractivity contribution in [2.24, 2.45) is 0 Å². The minimum absolute atomic E-state index is 0.231. The van der Waals surface area contributed by atoms with E-state index >= 15 is 0 Å². The molecule has 0 spiro atoms. The van der Waals surface area contributed by atoms with Gasteiger partial charge in [0.2, 0.25) is 0 Å². The Balaban J connectivity index is 1.40. The van der Waals surface area contributed by atoms with Crippen LogP contribution in [0.2, 0.25) is 0 Å². The van der Waals surface area contributed by atoms with Crippen LogP contribution in [0.15, 0.2) is 78.9 Å². The van der Waals surface area contributed by atoms with Crippen LogP contribution < -0.4 is 10.6 Å². The maximum atomic E-state index is 12.0. The van der Waals surface area contributed by atoms with Crippen LogP contribution in [0, 0.1) is 0 Å². The van der Waals surface area contributed by atoms with Gasteiger partial charge in [-0.25, -0.2) is 9.78 Å². The number of rotatable bonds is 4. The van der Waals surface area contributed by atoms with Crippen LogP contribution in [0.25, 0.3) is 22.4 Å². The lowest BCUT2D eigenvalue weighted by Gasteiger charge is -2.08. The molecule has 128 valence electrons. The third kappa shape index (κ3) is 3.57. The first-order valence-corrected chi connectivity index (χ1v) is 8.42. The molecule has 0 aliphatic rings. The Kier molecular flexibility index (Phi) is 4.35. The maximum Gasteiger partial charge on any atom is 0.319 e. The molecule has 0 saturated carbocycles. The topological polar surface area (TPSA) is 69.8 Å². The minimum Gasteiger partial charge on any atom is -0.338 e. The molecule has 26 heavy (non-hydrogen) atoms. The number of fused-ring (bicyclic) bond motifs is 1. The number of hydrogen-bond donors (Lipinski definition) is 3. The number of H-pyrrole nitrogens is 1. The molecule has 5 heteroatoms. The molecule has 0 aliphatic heterocycles. The molecule has 0 atom stereocenters. The van der Waals surface area contributed by atoms with E-state index in [0.717, 1.165) is 33.7 Å². The molecule has 2 amide bonds. The van der Waals surface area contributed by atoms with E-state index in [1.807, 2.05) is 78.9 Å². The van der Waals surface area contributed by atoms with Crippen LogP contribution in [0.3, 0.4) is 0 Å². The predicted molar refractivity (Wildman–Crippen MR) is 104 cm³/mol. The van der Waals surface area contributed by atoms with Crippen molar-refractivity contribution < 1.29 is 4.79 Å². The van der Waals surface area contributed by atoms with Crippen molar-refractivity contribution in [2.75, 3.05) is 5.32 Å². The van der Waals surface area contributed by atoms with Crippen LogP contribution in [-0.2, 0) is 6.54 Å². The summed E-state index contributed by atoms with van der Waals surface area (Å²) in [5.41, 5.74) is 4.70. The fourth-order valence-electron chi connectivity index (χ4n) is 2.75. The first kappa shape index (κ1) is 15.9. The molecule has 4 rings (SSSR count). The quantitative estimate of drug-likeness (QED) is 0.509. The monoisotopic (exact) mass is 342 g/mol. The number of nitrogens with zero attached hydrogens (tertiary/aromatic N) is 1. The number of anilines is 1. The minimum atomic E-state index is -0.231. The molecular weight excluding hydrogens is 324 g/mol. The largest absolute Gasteiger partial charge is 0.338 e. The lowest BCUT2D eigenvalue weighted by atomic mass is 10.2. The molecule has 3 N–H and O–H groups in total. The number of nitrogens with one attached hydrogen (secondary N) is 3. The molecule has 4 aromatic rings. The summed E-state index contributed by atoms with van der Waals surface area (Å²) in [4.78, 5) is 19.9. The van der Waals surface area contributed by atoms with E-state index < -0.39 is 0 Å². The molecule has 0 unspecified atom stereocenters. The van der Waals surface area contributed by atoms with Gasteiger partial charge in [-0.05, 0) is 42.0 Å². The fraction of sp³-hybridized carbons (Fsp3) is 0.0476. The van der Waals surface area contributed by atoms with E-state index in [0.29, 0.717) is 6.54 Å². The van der Waals surface area contributed by atoms with E-state index in [-0.39, 0.29) is 6.03 Å². The summed E-state index contributed by atoms with van der Waals surface area (Å²) < 4.78 is 0. The van der Waals surface area contributed by atoms with Crippen LogP contribution in [-0.4, -0.2) is 16.0 Å². The smallest absolute Gasteiger partial charge is 0.319 e. The second-order valence-electron chi connectivity index (χ2n) is 5.97. The second-order valence-corrected chi connectivity index (χ2v) is 5.97. The Morgan fingerprint density at radius 2 is 1.62 bits per heavy atom. The summed E-state index contributed by atoms with van der Waals surface area (Å²) in [5, 5.41) is 5.68. The highest BCUT2D eigenvalue weighted by Gasteiger charge is 2.06. The van der Waals surface area contributed by atoms with Gasteiger partial charge >= 0.3 is 6.03 Å². The number of hydrogen-bond acceptors (Lipinski definition) is 2. The summed E-state index contributed by atoms with van der Waals surface area (Å²) in [6.45, 7) is 0.490. The van der Waals surface area contributed by atoms with Gasteiger partial charge in [-0.15, -0.1) is 0 Å². The van der Waals surface area contributed by atoms with Crippen molar-refractivity contribution in [3.05, 3.63) is 84.4 Å². The van der Waals surface area contributed by atoms with Gasteiger partial charge < -0.3 is 15.6 Å². The first-order valence-electron chi connectivity index (χ1n) is 8.42. The van der Waals surface area contributed by atoms with E-state index in [9.17, 15) is 4.79 Å². The van der Waals surface area contributed by atoms with E-state index in [2.05, 4.69) is 20.6 Å². The van der Waals surface area contributed by atoms with Gasteiger partial charge in [0.1, 0.15) is 5.82 Å². The van der Waals surface area contributed by atoms with Gasteiger partial charge in [-0.3, -0.25) is 0 Å². The Morgan fingerprint density at radius 3 is 2.38 bits per heavy atom. The number of imidazole rings is 1. The molecule has 0 radical (unpaired) electrons. The van der Waals surface area contributed by atoms with E-state index in [1.54, 1.807) is 0 Å². The standard InChI is InChI=1S/C21H18N4O/c26-21(22-14-15-6-2-1-3-7-15)23-17-12-10-16(11-13-17)20-24-18-8-4-5-9-19(18)25-20/h1-13H,14H2,(H,24,25)(H2,22,23,26). The number of amides is 2. The lowest BCUT2D eigenvalue weighted by Crippen LogP contribution is -2.28. The number of carbonyl (C=O) groups is 1. The van der Waals surface area contributed by atoms with Gasteiger partial charge in [0, 0.05) is 17.8 Å². The summed E-state index contributed by atoms with van der Waals surface area (Å²) >= 11 is 0. The van der Waals surface area contributed by atoms with Crippen molar-refractivity contribution in [2.45, 2.75) is 6.54 Å². The molecule has 0 aliphatic carbocycles. The van der Waals surface area contributed by atoms with Crippen LogP contribution in [0.1, 0.15) is 5.56 Å². The number of aromatic nitrogens is 2. The van der Waals surface area contributed by atoms with Crippen molar-refractivity contribution in [3.63, 3.8) is 0 Å². The Hall–Kier alpha value is -3.60. The first-order chi connectivity index (χ1) is 12.8. The Morgan fingerprint density at radius 1 is 0.885 bits per heavy atom. The molecule has 1 aromatic heterocycles. The Bertz CT molecular complexity index is 990. The summed E-state index contributed by atoms with van der Waals surface area (Å²) in [5.74, 6) is 0.811. The number of aromatic amines is 1. The van der Waals surface area contributed by atoms with Crippen molar-refractivity contribution in [1.82, 2.24) is 15.3 Å². The highest BCUT2D eigenvalue weighted by Crippen LogP contribution is 2.21. The van der Waals surface area contributed by atoms with E-state index in [4.69, 9.17) is 0 Å². The molecule has 0 fully saturated rings. The average molecular weight is 342 g/mol. The van der Waals surface area contributed by atoms with Crippen LogP contribution in [0.4, 0.5) is 10.5 Å². The second kappa shape index (κ2) is 7.11. The molecular formula is C21H18N4O.